The zero-order valence-electron chi connectivity index (χ0n) is 10.4. The minimum atomic E-state index is -0.385. The second-order valence-electron chi connectivity index (χ2n) is 4.31. The molecule has 0 saturated carbocycles. The summed E-state index contributed by atoms with van der Waals surface area (Å²) in [6.07, 6.45) is 0. The van der Waals surface area contributed by atoms with E-state index in [4.69, 9.17) is 11.6 Å². The van der Waals surface area contributed by atoms with E-state index in [0.29, 0.717) is 0 Å². The van der Waals surface area contributed by atoms with Gasteiger partial charge in [-0.3, -0.25) is 0 Å². The maximum atomic E-state index is 13.2. The average molecular weight is 264 g/mol. The molecule has 94 valence electrons. The number of benzene rings is 2. The largest absolute Gasteiger partial charge is 0.316 e. The molecule has 2 aromatic carbocycles. The van der Waals surface area contributed by atoms with Gasteiger partial charge in [0.1, 0.15) is 5.82 Å². The van der Waals surface area contributed by atoms with Crippen LogP contribution in [0.1, 0.15) is 11.1 Å². The maximum absolute atomic E-state index is 13.2. The Balaban J connectivity index is 2.48. The third kappa shape index (κ3) is 2.71. The van der Waals surface area contributed by atoms with Crippen molar-refractivity contribution in [3.8, 4) is 11.1 Å². The smallest absolute Gasteiger partial charge is 0.141 e. The first-order valence-electron chi connectivity index (χ1n) is 5.81. The Bertz CT molecular complexity index is 566. The van der Waals surface area contributed by atoms with E-state index in [-0.39, 0.29) is 10.8 Å². The molecule has 0 saturated heterocycles. The molecule has 0 aliphatic carbocycles. The van der Waals surface area contributed by atoms with Gasteiger partial charge in [0.05, 0.1) is 5.02 Å². The van der Waals surface area contributed by atoms with Crippen molar-refractivity contribution in [3.05, 3.63) is 58.4 Å². The Morgan fingerprint density at radius 3 is 2.61 bits per heavy atom. The van der Waals surface area contributed by atoms with Gasteiger partial charge >= 0.3 is 0 Å². The average Bonchev–Trinajstić information content (AvgIpc) is 2.35. The van der Waals surface area contributed by atoms with E-state index in [1.165, 1.54) is 11.6 Å². The number of hydrogen-bond donors (Lipinski definition) is 1. The van der Waals surface area contributed by atoms with Crippen LogP contribution in [-0.4, -0.2) is 7.05 Å². The summed E-state index contributed by atoms with van der Waals surface area (Å²) in [5, 5.41) is 3.27. The van der Waals surface area contributed by atoms with Crippen molar-refractivity contribution in [2.75, 3.05) is 7.05 Å². The zero-order valence-corrected chi connectivity index (χ0v) is 11.2. The van der Waals surface area contributed by atoms with Crippen molar-refractivity contribution in [1.82, 2.24) is 5.32 Å². The summed E-state index contributed by atoms with van der Waals surface area (Å²) in [5.41, 5.74) is 4.37. The predicted molar refractivity (Wildman–Crippen MR) is 74.3 cm³/mol. The van der Waals surface area contributed by atoms with Crippen LogP contribution in [0.25, 0.3) is 11.1 Å². The summed E-state index contributed by atoms with van der Waals surface area (Å²) in [7, 11) is 1.91. The van der Waals surface area contributed by atoms with Crippen molar-refractivity contribution >= 4 is 11.6 Å². The fourth-order valence-electron chi connectivity index (χ4n) is 1.96. The molecule has 18 heavy (non-hydrogen) atoms. The summed E-state index contributed by atoms with van der Waals surface area (Å²) < 4.78 is 13.2. The lowest BCUT2D eigenvalue weighted by atomic mass is 9.98. The van der Waals surface area contributed by atoms with Crippen molar-refractivity contribution in [3.63, 3.8) is 0 Å². The van der Waals surface area contributed by atoms with E-state index in [1.54, 1.807) is 12.1 Å². The van der Waals surface area contributed by atoms with E-state index >= 15 is 0 Å². The van der Waals surface area contributed by atoms with Crippen LogP contribution in [0.3, 0.4) is 0 Å². The fraction of sp³-hybridized carbons (Fsp3) is 0.200. The minimum Gasteiger partial charge on any atom is -0.316 e. The number of hydrogen-bond acceptors (Lipinski definition) is 1. The quantitative estimate of drug-likeness (QED) is 0.876. The molecule has 0 heterocycles. The first kappa shape index (κ1) is 13.1. The van der Waals surface area contributed by atoms with Gasteiger partial charge < -0.3 is 5.32 Å². The highest BCUT2D eigenvalue weighted by molar-refractivity contribution is 6.31. The Morgan fingerprint density at radius 2 is 1.94 bits per heavy atom. The second-order valence-corrected chi connectivity index (χ2v) is 4.72. The second kappa shape index (κ2) is 5.51. The number of aryl methyl sites for hydroxylation is 1. The van der Waals surface area contributed by atoms with Crippen LogP contribution < -0.4 is 5.32 Å². The SMILES string of the molecule is CNCc1ccc(C)c(-c2ccc(F)c(Cl)c2)c1. The van der Waals surface area contributed by atoms with Gasteiger partial charge in [-0.2, -0.15) is 0 Å². The third-order valence-electron chi connectivity index (χ3n) is 2.91. The zero-order chi connectivity index (χ0) is 13.1. The molecule has 2 rings (SSSR count). The van der Waals surface area contributed by atoms with E-state index < -0.39 is 0 Å². The van der Waals surface area contributed by atoms with Gasteiger partial charge in [0.2, 0.25) is 0 Å². The molecule has 0 fully saturated rings. The van der Waals surface area contributed by atoms with Crippen LogP contribution in [0.5, 0.6) is 0 Å². The summed E-state index contributed by atoms with van der Waals surface area (Å²) in [6.45, 7) is 2.85. The highest BCUT2D eigenvalue weighted by atomic mass is 35.5. The highest BCUT2D eigenvalue weighted by Gasteiger charge is 2.06. The highest BCUT2D eigenvalue weighted by Crippen LogP contribution is 2.28. The van der Waals surface area contributed by atoms with Crippen molar-refractivity contribution in [2.24, 2.45) is 0 Å². The van der Waals surface area contributed by atoms with Crippen LogP contribution in [0.15, 0.2) is 36.4 Å². The molecule has 0 amide bonds. The lowest BCUT2D eigenvalue weighted by Gasteiger charge is -2.10. The molecule has 0 aliphatic rings. The van der Waals surface area contributed by atoms with Crippen molar-refractivity contribution < 1.29 is 4.39 Å². The normalized spacial score (nSPS) is 10.7. The minimum absolute atomic E-state index is 0.158. The molecule has 0 radical (unpaired) electrons. The van der Waals surface area contributed by atoms with E-state index in [2.05, 4.69) is 23.5 Å². The van der Waals surface area contributed by atoms with Gasteiger partial charge in [-0.15, -0.1) is 0 Å². The van der Waals surface area contributed by atoms with Crippen molar-refractivity contribution in [2.45, 2.75) is 13.5 Å². The van der Waals surface area contributed by atoms with Crippen LogP contribution in [0, 0.1) is 12.7 Å². The Labute approximate surface area is 112 Å². The van der Waals surface area contributed by atoms with Crippen molar-refractivity contribution in [1.29, 1.82) is 0 Å². The molecule has 1 nitrogen and oxygen atoms in total. The Kier molecular flexibility index (Phi) is 4.00. The van der Waals surface area contributed by atoms with Gasteiger partial charge in [0, 0.05) is 6.54 Å². The summed E-state index contributed by atoms with van der Waals surface area (Å²) in [5.74, 6) is -0.385. The first-order valence-corrected chi connectivity index (χ1v) is 6.19. The monoisotopic (exact) mass is 263 g/mol. The van der Waals surface area contributed by atoms with Gasteiger partial charge in [0.15, 0.2) is 0 Å². The molecule has 1 N–H and O–H groups in total. The Morgan fingerprint density at radius 1 is 1.17 bits per heavy atom. The number of halogens is 2. The Hall–Kier alpha value is -1.38. The maximum Gasteiger partial charge on any atom is 0.141 e. The van der Waals surface area contributed by atoms with Crippen LogP contribution in [-0.2, 0) is 6.54 Å². The molecule has 0 spiro atoms. The molecule has 0 aliphatic heterocycles. The molecule has 0 atom stereocenters. The summed E-state index contributed by atoms with van der Waals surface area (Å²) >= 11 is 5.83. The number of nitrogens with one attached hydrogen (secondary N) is 1. The van der Waals surface area contributed by atoms with Gasteiger partial charge in [-0.05, 0) is 54.4 Å². The number of rotatable bonds is 3. The predicted octanol–water partition coefficient (Wildman–Crippen LogP) is 4.17. The van der Waals surface area contributed by atoms with E-state index in [0.717, 1.165) is 23.2 Å². The summed E-state index contributed by atoms with van der Waals surface area (Å²) in [6, 6.07) is 11.1. The van der Waals surface area contributed by atoms with E-state index in [1.807, 2.05) is 14.0 Å². The molecule has 0 bridgehead atoms. The third-order valence-corrected chi connectivity index (χ3v) is 3.20. The topological polar surface area (TPSA) is 12.0 Å². The lowest BCUT2D eigenvalue weighted by molar-refractivity contribution is 0.628. The lowest BCUT2D eigenvalue weighted by Crippen LogP contribution is -2.05. The standard InChI is InChI=1S/C15H15ClFN/c1-10-3-4-11(9-18-2)7-13(10)12-5-6-15(17)14(16)8-12/h3-8,18H,9H2,1-2H3. The molecule has 3 heteroatoms. The van der Waals surface area contributed by atoms with Crippen LogP contribution >= 0.6 is 11.6 Å². The molecule has 2 aromatic rings. The van der Waals surface area contributed by atoms with E-state index in [9.17, 15) is 4.39 Å². The molecule has 0 aromatic heterocycles. The first-order chi connectivity index (χ1) is 8.61. The fourth-order valence-corrected chi connectivity index (χ4v) is 2.14. The van der Waals surface area contributed by atoms with Gasteiger partial charge in [0.25, 0.3) is 0 Å². The van der Waals surface area contributed by atoms with Gasteiger partial charge in [-0.25, -0.2) is 4.39 Å². The molecular formula is C15H15ClFN. The summed E-state index contributed by atoms with van der Waals surface area (Å²) in [4.78, 5) is 0. The molecule has 0 unspecified atom stereocenters. The van der Waals surface area contributed by atoms with Crippen LogP contribution in [0.4, 0.5) is 4.39 Å². The van der Waals surface area contributed by atoms with Gasteiger partial charge in [-0.1, -0.05) is 29.8 Å². The molecular weight excluding hydrogens is 249 g/mol. The van der Waals surface area contributed by atoms with Crippen LogP contribution in [0.2, 0.25) is 5.02 Å².